The summed E-state index contributed by atoms with van der Waals surface area (Å²) < 4.78 is 5.46. The van der Waals surface area contributed by atoms with E-state index in [0.717, 1.165) is 24.9 Å². The van der Waals surface area contributed by atoms with Crippen molar-refractivity contribution in [1.82, 2.24) is 5.32 Å². The summed E-state index contributed by atoms with van der Waals surface area (Å²) in [5.41, 5.74) is 6.68. The molecule has 0 heterocycles. The lowest BCUT2D eigenvalue weighted by Crippen LogP contribution is -2.30. The van der Waals surface area contributed by atoms with Gasteiger partial charge in [-0.2, -0.15) is 0 Å². The number of carbonyl (C=O) groups is 1. The second kappa shape index (κ2) is 8.67. The van der Waals surface area contributed by atoms with E-state index in [4.69, 9.17) is 10.5 Å². The fraction of sp³-hybridized carbons (Fsp3) is 0.588. The van der Waals surface area contributed by atoms with Crippen molar-refractivity contribution in [3.63, 3.8) is 0 Å². The van der Waals surface area contributed by atoms with Gasteiger partial charge in [0.15, 0.2) is 6.61 Å². The zero-order valence-electron chi connectivity index (χ0n) is 13.4. The molecule has 0 radical (unpaired) electrons. The van der Waals surface area contributed by atoms with E-state index in [1.165, 1.54) is 12.8 Å². The van der Waals surface area contributed by atoms with Gasteiger partial charge >= 0.3 is 0 Å². The lowest BCUT2D eigenvalue weighted by atomic mass is 9.96. The molecule has 0 aliphatic carbocycles. The van der Waals surface area contributed by atoms with Gasteiger partial charge in [-0.3, -0.25) is 4.79 Å². The van der Waals surface area contributed by atoms with Gasteiger partial charge in [-0.15, -0.1) is 0 Å². The number of rotatable bonds is 9. The fourth-order valence-electron chi connectivity index (χ4n) is 1.96. The summed E-state index contributed by atoms with van der Waals surface area (Å²) in [6.45, 7) is 6.86. The second-order valence-electron chi connectivity index (χ2n) is 5.95. The van der Waals surface area contributed by atoms with Crippen molar-refractivity contribution < 1.29 is 9.53 Å². The predicted molar refractivity (Wildman–Crippen MR) is 86.3 cm³/mol. The molecule has 0 saturated carbocycles. The van der Waals surface area contributed by atoms with E-state index >= 15 is 0 Å². The van der Waals surface area contributed by atoms with Crippen LogP contribution in [0.5, 0.6) is 5.75 Å². The number of hydrogen-bond acceptors (Lipinski definition) is 3. The number of nitrogens with two attached hydrogens (primary N) is 1. The normalized spacial score (nSPS) is 11.2. The van der Waals surface area contributed by atoms with Crippen LogP contribution in [-0.4, -0.2) is 19.1 Å². The smallest absolute Gasteiger partial charge is 0.257 e. The van der Waals surface area contributed by atoms with Gasteiger partial charge in [0, 0.05) is 12.1 Å². The van der Waals surface area contributed by atoms with Gasteiger partial charge in [-0.1, -0.05) is 38.3 Å². The Kier molecular flexibility index (Phi) is 7.23. The summed E-state index contributed by atoms with van der Waals surface area (Å²) in [7, 11) is 0. The van der Waals surface area contributed by atoms with E-state index in [1.54, 1.807) is 0 Å². The van der Waals surface area contributed by atoms with Crippen LogP contribution in [0.2, 0.25) is 0 Å². The van der Waals surface area contributed by atoms with Crippen molar-refractivity contribution in [2.75, 3.05) is 13.2 Å². The van der Waals surface area contributed by atoms with Crippen LogP contribution in [0.4, 0.5) is 0 Å². The summed E-state index contributed by atoms with van der Waals surface area (Å²) in [4.78, 5) is 11.6. The summed E-state index contributed by atoms with van der Waals surface area (Å²) in [5.74, 6) is 0.610. The summed E-state index contributed by atoms with van der Waals surface area (Å²) in [6.07, 6.45) is 4.61. The summed E-state index contributed by atoms with van der Waals surface area (Å²) >= 11 is 0. The molecule has 1 amide bonds. The molecule has 0 aliphatic heterocycles. The molecule has 0 aromatic heterocycles. The Morgan fingerprint density at radius 2 is 1.86 bits per heavy atom. The molecular weight excluding hydrogens is 264 g/mol. The largest absolute Gasteiger partial charge is 0.484 e. The monoisotopic (exact) mass is 292 g/mol. The molecule has 0 bridgehead atoms. The third kappa shape index (κ3) is 7.14. The van der Waals surface area contributed by atoms with Gasteiger partial charge in [0.25, 0.3) is 5.91 Å². The van der Waals surface area contributed by atoms with E-state index in [1.807, 2.05) is 38.1 Å². The highest BCUT2D eigenvalue weighted by Crippen LogP contribution is 2.20. The van der Waals surface area contributed by atoms with Crippen LogP contribution in [0, 0.1) is 0 Å². The van der Waals surface area contributed by atoms with Crippen molar-refractivity contribution in [2.45, 2.75) is 52.0 Å². The summed E-state index contributed by atoms with van der Waals surface area (Å²) in [6, 6.07) is 7.55. The molecule has 0 atom stereocenters. The molecule has 1 rings (SSSR count). The molecular formula is C17H28N2O2. The van der Waals surface area contributed by atoms with Crippen LogP contribution < -0.4 is 15.8 Å². The van der Waals surface area contributed by atoms with Crippen LogP contribution in [0.15, 0.2) is 24.3 Å². The highest BCUT2D eigenvalue weighted by molar-refractivity contribution is 5.77. The quantitative estimate of drug-likeness (QED) is 0.688. The van der Waals surface area contributed by atoms with Crippen LogP contribution in [0.1, 0.15) is 52.0 Å². The molecule has 0 unspecified atom stereocenters. The van der Waals surface area contributed by atoms with Gasteiger partial charge < -0.3 is 15.8 Å². The Morgan fingerprint density at radius 1 is 1.19 bits per heavy atom. The lowest BCUT2D eigenvalue weighted by Gasteiger charge is -2.19. The second-order valence-corrected chi connectivity index (χ2v) is 5.95. The standard InChI is InChI=1S/C17H28N2O2/c1-4-5-6-7-12-19-16(20)13-21-15-10-8-14(9-11-15)17(2,3)18/h8-11H,4-7,12-13,18H2,1-3H3,(H,19,20). The van der Waals surface area contributed by atoms with Crippen LogP contribution in [-0.2, 0) is 10.3 Å². The maximum absolute atomic E-state index is 11.6. The Labute approximate surface area is 128 Å². The van der Waals surface area contributed by atoms with Gasteiger partial charge in [-0.05, 0) is 38.0 Å². The topological polar surface area (TPSA) is 64.3 Å². The molecule has 1 aromatic carbocycles. The minimum atomic E-state index is -0.367. The molecule has 4 heteroatoms. The van der Waals surface area contributed by atoms with Gasteiger partial charge in [-0.25, -0.2) is 0 Å². The molecule has 0 saturated heterocycles. The zero-order chi connectivity index (χ0) is 15.7. The molecule has 4 nitrogen and oxygen atoms in total. The Bertz CT molecular complexity index is 421. The highest BCUT2D eigenvalue weighted by atomic mass is 16.5. The first-order chi connectivity index (χ1) is 9.93. The van der Waals surface area contributed by atoms with E-state index in [9.17, 15) is 4.79 Å². The van der Waals surface area contributed by atoms with Crippen molar-refractivity contribution in [3.05, 3.63) is 29.8 Å². The average Bonchev–Trinajstić information content (AvgIpc) is 2.44. The number of hydrogen-bond donors (Lipinski definition) is 2. The molecule has 1 aromatic rings. The van der Waals surface area contributed by atoms with Crippen molar-refractivity contribution in [1.29, 1.82) is 0 Å². The molecule has 0 aliphatic rings. The van der Waals surface area contributed by atoms with Crippen LogP contribution in [0.3, 0.4) is 0 Å². The fourth-order valence-corrected chi connectivity index (χ4v) is 1.96. The molecule has 3 N–H and O–H groups in total. The van der Waals surface area contributed by atoms with E-state index in [2.05, 4.69) is 12.2 Å². The van der Waals surface area contributed by atoms with Crippen molar-refractivity contribution in [3.8, 4) is 5.75 Å². The Balaban J connectivity index is 2.27. The Hall–Kier alpha value is -1.55. The number of benzene rings is 1. The third-order valence-corrected chi connectivity index (χ3v) is 3.32. The first kappa shape index (κ1) is 17.5. The van der Waals surface area contributed by atoms with Gasteiger partial charge in [0.2, 0.25) is 0 Å². The van der Waals surface area contributed by atoms with Crippen molar-refractivity contribution >= 4 is 5.91 Å². The maximum Gasteiger partial charge on any atom is 0.257 e. The SMILES string of the molecule is CCCCCCNC(=O)COc1ccc(C(C)(C)N)cc1. The number of amides is 1. The van der Waals surface area contributed by atoms with Gasteiger partial charge in [0.05, 0.1) is 0 Å². The van der Waals surface area contributed by atoms with Crippen LogP contribution >= 0.6 is 0 Å². The summed E-state index contributed by atoms with van der Waals surface area (Å²) in [5, 5.41) is 2.86. The van der Waals surface area contributed by atoms with E-state index in [-0.39, 0.29) is 18.1 Å². The zero-order valence-corrected chi connectivity index (χ0v) is 13.4. The minimum absolute atomic E-state index is 0.0547. The molecule has 21 heavy (non-hydrogen) atoms. The lowest BCUT2D eigenvalue weighted by molar-refractivity contribution is -0.123. The highest BCUT2D eigenvalue weighted by Gasteiger charge is 2.13. The van der Waals surface area contributed by atoms with Crippen LogP contribution in [0.25, 0.3) is 0 Å². The molecule has 0 spiro atoms. The number of unbranched alkanes of at least 4 members (excludes halogenated alkanes) is 3. The number of carbonyl (C=O) groups excluding carboxylic acids is 1. The molecule has 118 valence electrons. The van der Waals surface area contributed by atoms with E-state index in [0.29, 0.717) is 5.75 Å². The first-order valence-electron chi connectivity index (χ1n) is 7.72. The predicted octanol–water partition coefficient (Wildman–Crippen LogP) is 2.96. The number of ether oxygens (including phenoxy) is 1. The maximum atomic E-state index is 11.6. The third-order valence-electron chi connectivity index (χ3n) is 3.32. The van der Waals surface area contributed by atoms with E-state index < -0.39 is 0 Å². The van der Waals surface area contributed by atoms with Gasteiger partial charge in [0.1, 0.15) is 5.75 Å². The minimum Gasteiger partial charge on any atom is -0.484 e. The molecule has 0 fully saturated rings. The number of nitrogens with one attached hydrogen (secondary N) is 1. The van der Waals surface area contributed by atoms with Crippen molar-refractivity contribution in [2.24, 2.45) is 5.73 Å². The average molecular weight is 292 g/mol. The first-order valence-corrected chi connectivity index (χ1v) is 7.72. The Morgan fingerprint density at radius 3 is 2.43 bits per heavy atom.